The Hall–Kier alpha value is -1.60. The third kappa shape index (κ3) is 2.95. The number of sulfonamides is 1. The topological polar surface area (TPSA) is 96.6 Å². The zero-order chi connectivity index (χ0) is 13.2. The van der Waals surface area contributed by atoms with Gasteiger partial charge in [-0.25, -0.2) is 17.9 Å². The Morgan fingerprint density at radius 2 is 2.24 bits per heavy atom. The molecule has 1 aromatic rings. The lowest BCUT2D eigenvalue weighted by Gasteiger charge is -2.08. The minimum atomic E-state index is -3.79. The second-order valence-electron chi connectivity index (χ2n) is 3.48. The molecule has 0 amide bonds. The van der Waals surface area contributed by atoms with Crippen LogP contribution in [0.3, 0.4) is 0 Å². The highest BCUT2D eigenvalue weighted by atomic mass is 32.2. The van der Waals surface area contributed by atoms with Crippen molar-refractivity contribution < 1.29 is 22.7 Å². The van der Waals surface area contributed by atoms with E-state index in [-0.39, 0.29) is 10.7 Å². The summed E-state index contributed by atoms with van der Waals surface area (Å²) in [5, 5.41) is 8.69. The maximum Gasteiger partial charge on any atom is 0.371 e. The van der Waals surface area contributed by atoms with Crippen LogP contribution in [0.15, 0.2) is 28.0 Å². The number of rotatable bonds is 5. The SMILES string of the molecule is C=CC(C)NS(=O)(=O)c1cc(C(=O)O)oc1C. The Labute approximate surface area is 99.0 Å². The Kier molecular flexibility index (Phi) is 3.74. The molecule has 0 fully saturated rings. The normalized spacial score (nSPS) is 13.3. The fourth-order valence-corrected chi connectivity index (χ4v) is 2.59. The summed E-state index contributed by atoms with van der Waals surface area (Å²) in [4.78, 5) is 10.5. The third-order valence-electron chi connectivity index (χ3n) is 2.07. The van der Waals surface area contributed by atoms with E-state index in [1.807, 2.05) is 0 Å². The predicted octanol–water partition coefficient (Wildman–Crippen LogP) is 1.14. The Morgan fingerprint density at radius 1 is 1.65 bits per heavy atom. The number of carbonyl (C=O) groups is 1. The second kappa shape index (κ2) is 4.72. The van der Waals surface area contributed by atoms with Crippen LogP contribution in [0, 0.1) is 6.92 Å². The molecule has 0 spiro atoms. The molecule has 17 heavy (non-hydrogen) atoms. The van der Waals surface area contributed by atoms with Gasteiger partial charge in [0.1, 0.15) is 10.7 Å². The van der Waals surface area contributed by atoms with E-state index >= 15 is 0 Å². The fraction of sp³-hybridized carbons (Fsp3) is 0.300. The highest BCUT2D eigenvalue weighted by molar-refractivity contribution is 7.89. The van der Waals surface area contributed by atoms with E-state index in [4.69, 9.17) is 9.52 Å². The first-order chi connectivity index (χ1) is 7.77. The fourth-order valence-electron chi connectivity index (χ4n) is 1.19. The van der Waals surface area contributed by atoms with Crippen LogP contribution in [-0.4, -0.2) is 25.5 Å². The predicted molar refractivity (Wildman–Crippen MR) is 60.4 cm³/mol. The molecule has 94 valence electrons. The standard InChI is InChI=1S/C10H13NO5S/c1-4-6(2)11-17(14,15)9-5-8(10(12)13)16-7(9)3/h4-6,11H,1H2,2-3H3,(H,12,13). The van der Waals surface area contributed by atoms with E-state index in [2.05, 4.69) is 11.3 Å². The number of carboxylic acid groups (broad SMARTS) is 1. The van der Waals surface area contributed by atoms with Crippen molar-refractivity contribution in [2.75, 3.05) is 0 Å². The van der Waals surface area contributed by atoms with E-state index < -0.39 is 27.8 Å². The lowest BCUT2D eigenvalue weighted by atomic mass is 10.4. The van der Waals surface area contributed by atoms with Crippen LogP contribution in [0.25, 0.3) is 0 Å². The minimum Gasteiger partial charge on any atom is -0.475 e. The summed E-state index contributed by atoms with van der Waals surface area (Å²) in [5.74, 6) is -1.69. The summed E-state index contributed by atoms with van der Waals surface area (Å²) in [6.07, 6.45) is 1.42. The number of hydrogen-bond acceptors (Lipinski definition) is 4. The van der Waals surface area contributed by atoms with E-state index in [1.54, 1.807) is 6.92 Å². The number of aromatic carboxylic acids is 1. The van der Waals surface area contributed by atoms with Crippen LogP contribution in [-0.2, 0) is 10.0 Å². The highest BCUT2D eigenvalue weighted by Gasteiger charge is 2.24. The maximum atomic E-state index is 11.8. The molecular formula is C10H13NO5S. The molecule has 1 aromatic heterocycles. The molecule has 1 unspecified atom stereocenters. The molecule has 7 heteroatoms. The first-order valence-electron chi connectivity index (χ1n) is 4.76. The van der Waals surface area contributed by atoms with Gasteiger partial charge in [0.2, 0.25) is 15.8 Å². The third-order valence-corrected chi connectivity index (χ3v) is 3.73. The molecule has 1 rings (SSSR count). The number of hydrogen-bond donors (Lipinski definition) is 2. The summed E-state index contributed by atoms with van der Waals surface area (Å²) in [5.41, 5.74) is 0. The summed E-state index contributed by atoms with van der Waals surface area (Å²) < 4.78 is 30.8. The van der Waals surface area contributed by atoms with Gasteiger partial charge in [-0.2, -0.15) is 0 Å². The van der Waals surface area contributed by atoms with Crippen molar-refractivity contribution in [3.8, 4) is 0 Å². The van der Waals surface area contributed by atoms with E-state index in [0.29, 0.717) is 0 Å². The van der Waals surface area contributed by atoms with Crippen LogP contribution < -0.4 is 4.72 Å². The minimum absolute atomic E-state index is 0.0335. The quantitative estimate of drug-likeness (QED) is 0.773. The number of nitrogens with one attached hydrogen (secondary N) is 1. The molecule has 0 saturated carbocycles. The molecular weight excluding hydrogens is 246 g/mol. The summed E-state index contributed by atoms with van der Waals surface area (Å²) in [7, 11) is -3.79. The first-order valence-corrected chi connectivity index (χ1v) is 6.25. The van der Waals surface area contributed by atoms with Crippen LogP contribution in [0.4, 0.5) is 0 Å². The molecule has 0 bridgehead atoms. The second-order valence-corrected chi connectivity index (χ2v) is 5.16. The van der Waals surface area contributed by atoms with Crippen LogP contribution >= 0.6 is 0 Å². The zero-order valence-corrected chi connectivity index (χ0v) is 10.2. The lowest BCUT2D eigenvalue weighted by molar-refractivity contribution is 0.0661. The van der Waals surface area contributed by atoms with Crippen molar-refractivity contribution in [3.05, 3.63) is 30.2 Å². The average molecular weight is 259 g/mol. The maximum absolute atomic E-state index is 11.8. The van der Waals surface area contributed by atoms with Gasteiger partial charge in [-0.15, -0.1) is 6.58 Å². The summed E-state index contributed by atoms with van der Waals surface area (Å²) in [6.45, 7) is 6.45. The number of carboxylic acids is 1. The van der Waals surface area contributed by atoms with Gasteiger partial charge >= 0.3 is 5.97 Å². The lowest BCUT2D eigenvalue weighted by Crippen LogP contribution is -2.31. The average Bonchev–Trinajstić information content (AvgIpc) is 2.60. The summed E-state index contributed by atoms with van der Waals surface area (Å²) >= 11 is 0. The van der Waals surface area contributed by atoms with E-state index in [9.17, 15) is 13.2 Å². The molecule has 6 nitrogen and oxygen atoms in total. The van der Waals surface area contributed by atoms with Crippen molar-refractivity contribution in [1.29, 1.82) is 0 Å². The van der Waals surface area contributed by atoms with Gasteiger partial charge in [0.15, 0.2) is 0 Å². The van der Waals surface area contributed by atoms with Gasteiger partial charge in [-0.3, -0.25) is 0 Å². The van der Waals surface area contributed by atoms with Gasteiger partial charge < -0.3 is 9.52 Å². The van der Waals surface area contributed by atoms with E-state index in [1.165, 1.54) is 13.0 Å². The van der Waals surface area contributed by atoms with Gasteiger partial charge in [0.05, 0.1) is 0 Å². The Morgan fingerprint density at radius 3 is 2.65 bits per heavy atom. The van der Waals surface area contributed by atoms with Gasteiger partial charge in [0, 0.05) is 12.1 Å². The molecule has 2 N–H and O–H groups in total. The molecule has 1 atom stereocenters. The molecule has 0 aliphatic carbocycles. The monoisotopic (exact) mass is 259 g/mol. The van der Waals surface area contributed by atoms with Crippen molar-refractivity contribution in [1.82, 2.24) is 4.72 Å². The molecule has 0 saturated heterocycles. The van der Waals surface area contributed by atoms with Gasteiger partial charge in [-0.05, 0) is 13.8 Å². The smallest absolute Gasteiger partial charge is 0.371 e. The number of furan rings is 1. The van der Waals surface area contributed by atoms with Crippen molar-refractivity contribution in [3.63, 3.8) is 0 Å². The Bertz CT molecular complexity index is 543. The first kappa shape index (κ1) is 13.5. The van der Waals surface area contributed by atoms with Gasteiger partial charge in [-0.1, -0.05) is 6.08 Å². The molecule has 0 aliphatic rings. The van der Waals surface area contributed by atoms with Crippen molar-refractivity contribution in [2.45, 2.75) is 24.8 Å². The van der Waals surface area contributed by atoms with Gasteiger partial charge in [0.25, 0.3) is 0 Å². The molecule has 1 heterocycles. The van der Waals surface area contributed by atoms with Crippen LogP contribution in [0.5, 0.6) is 0 Å². The highest BCUT2D eigenvalue weighted by Crippen LogP contribution is 2.20. The van der Waals surface area contributed by atoms with Crippen molar-refractivity contribution >= 4 is 16.0 Å². The van der Waals surface area contributed by atoms with Crippen molar-refractivity contribution in [2.24, 2.45) is 0 Å². The molecule has 0 radical (unpaired) electrons. The molecule has 0 aromatic carbocycles. The molecule has 0 aliphatic heterocycles. The Balaban J connectivity index is 3.15. The zero-order valence-electron chi connectivity index (χ0n) is 9.43. The van der Waals surface area contributed by atoms with E-state index in [0.717, 1.165) is 6.07 Å². The summed E-state index contributed by atoms with van der Waals surface area (Å²) in [6, 6.07) is 0.526. The van der Waals surface area contributed by atoms with Crippen LogP contribution in [0.2, 0.25) is 0 Å². The largest absolute Gasteiger partial charge is 0.475 e. The number of aryl methyl sites for hydroxylation is 1. The van der Waals surface area contributed by atoms with Crippen LogP contribution in [0.1, 0.15) is 23.2 Å².